The van der Waals surface area contributed by atoms with Crippen molar-refractivity contribution in [3.05, 3.63) is 45.4 Å². The van der Waals surface area contributed by atoms with Crippen molar-refractivity contribution in [1.29, 1.82) is 0 Å². The summed E-state index contributed by atoms with van der Waals surface area (Å²) in [7, 11) is -1.02. The van der Waals surface area contributed by atoms with Crippen molar-refractivity contribution in [3.63, 3.8) is 0 Å². The normalized spacial score (nSPS) is 21.3. The van der Waals surface area contributed by atoms with E-state index in [0.29, 0.717) is 13.0 Å². The number of benzene rings is 1. The van der Waals surface area contributed by atoms with Gasteiger partial charge in [-0.05, 0) is 79.9 Å². The van der Waals surface area contributed by atoms with Gasteiger partial charge in [0.25, 0.3) is 10.2 Å². The minimum atomic E-state index is -4.44. The molecule has 35 heavy (non-hydrogen) atoms. The largest absolute Gasteiger partial charge is 1.00 e. The number of aromatic nitrogens is 2. The van der Waals surface area contributed by atoms with E-state index in [1.54, 1.807) is 19.0 Å². The average molecular weight is 513 g/mol. The summed E-state index contributed by atoms with van der Waals surface area (Å²) < 4.78 is 47.2. The Hall–Kier alpha value is -1.66. The van der Waals surface area contributed by atoms with Crippen LogP contribution in [0.4, 0.5) is 20.6 Å². The summed E-state index contributed by atoms with van der Waals surface area (Å²) in [6, 6.07) is 0.679. The molecule has 1 fully saturated rings. The summed E-state index contributed by atoms with van der Waals surface area (Å²) in [5.41, 5.74) is 5.63. The van der Waals surface area contributed by atoms with Crippen molar-refractivity contribution in [3.8, 4) is 0 Å². The standard InChI is InChI=1S/C23H31FN6O3S.Na/c1-28-10-9-20(24)21(28)14-30(17-12-25-29(2)13-17)34(32,33)27-23(31)26-22-18-7-3-5-15(18)11-16-6-4-8-19(16)22;/h11-13,20-21H,3-10,14H2,1-2H3,(H2,26,27,31);/q;+1/p-1. The van der Waals surface area contributed by atoms with E-state index in [-0.39, 0.29) is 41.8 Å². The van der Waals surface area contributed by atoms with Crippen LogP contribution in [0.3, 0.4) is 0 Å². The van der Waals surface area contributed by atoms with Gasteiger partial charge in [-0.15, -0.1) is 0 Å². The Morgan fingerprint density at radius 1 is 1.20 bits per heavy atom. The van der Waals surface area contributed by atoms with E-state index in [2.05, 4.69) is 21.2 Å². The van der Waals surface area contributed by atoms with E-state index in [9.17, 15) is 17.6 Å². The maximum atomic E-state index is 14.5. The predicted octanol–water partition coefficient (Wildman–Crippen LogP) is 0.101. The number of urea groups is 1. The molecule has 2 amide bonds. The van der Waals surface area contributed by atoms with Crippen molar-refractivity contribution in [1.82, 2.24) is 14.7 Å². The number of fused-ring (bicyclic) bond motifs is 2. The first-order chi connectivity index (χ1) is 16.2. The van der Waals surface area contributed by atoms with E-state index in [4.69, 9.17) is 0 Å². The first kappa shape index (κ1) is 26.4. The fourth-order valence-corrected chi connectivity index (χ4v) is 6.56. The second-order valence-corrected chi connectivity index (χ2v) is 11.0. The SMILES string of the molecule is CN1CCC(F)C1CN(c1cnn(C)c1)S(=O)(=O)[N-]C(=O)Nc1c2c(cc3c1CCC3)CCC2.[Na+]. The molecule has 3 aliphatic rings. The third-order valence-electron chi connectivity index (χ3n) is 7.26. The topological polar surface area (TPSA) is 102 Å². The predicted molar refractivity (Wildman–Crippen MR) is 128 cm³/mol. The molecule has 0 saturated carbocycles. The number of carbonyl (C=O) groups excluding carboxylic acids is 1. The van der Waals surface area contributed by atoms with Crippen LogP contribution in [0.15, 0.2) is 18.5 Å². The van der Waals surface area contributed by atoms with Crippen LogP contribution in [0.5, 0.6) is 0 Å². The summed E-state index contributed by atoms with van der Waals surface area (Å²) in [6.07, 6.45) is 7.76. The van der Waals surface area contributed by atoms with Crippen LogP contribution in [-0.2, 0) is 42.9 Å². The molecule has 1 N–H and O–H groups in total. The number of nitrogens with one attached hydrogen (secondary N) is 1. The summed E-state index contributed by atoms with van der Waals surface area (Å²) in [6.45, 7) is 0.382. The van der Waals surface area contributed by atoms with Crippen molar-refractivity contribution in [2.75, 3.05) is 29.8 Å². The maximum absolute atomic E-state index is 14.5. The Balaban J connectivity index is 0.00000289. The smallest absolute Gasteiger partial charge is 0.423 e. The number of likely N-dealkylation sites (tertiary alicyclic amines) is 1. The molecule has 5 rings (SSSR count). The van der Waals surface area contributed by atoms with E-state index < -0.39 is 28.5 Å². The van der Waals surface area contributed by atoms with Gasteiger partial charge in [-0.25, -0.2) is 12.8 Å². The summed E-state index contributed by atoms with van der Waals surface area (Å²) in [4.78, 5) is 14.7. The monoisotopic (exact) mass is 512 g/mol. The fourth-order valence-electron chi connectivity index (χ4n) is 5.51. The molecule has 9 nitrogen and oxygen atoms in total. The number of nitrogens with zero attached hydrogens (tertiary/aromatic N) is 5. The molecule has 2 aromatic rings. The van der Waals surface area contributed by atoms with Crippen LogP contribution in [-0.4, -0.2) is 61.5 Å². The number of aryl methyl sites for hydroxylation is 3. The van der Waals surface area contributed by atoms with Gasteiger partial charge in [-0.2, -0.15) is 5.10 Å². The Labute approximate surface area is 227 Å². The van der Waals surface area contributed by atoms with Crippen molar-refractivity contribution >= 4 is 27.6 Å². The Morgan fingerprint density at radius 2 is 1.86 bits per heavy atom. The zero-order valence-electron chi connectivity index (χ0n) is 20.5. The molecule has 0 bridgehead atoms. The number of halogens is 1. The number of alkyl halides is 1. The molecule has 184 valence electrons. The molecule has 1 aromatic carbocycles. The van der Waals surface area contributed by atoms with Gasteiger partial charge in [-0.1, -0.05) is 6.07 Å². The van der Waals surface area contributed by atoms with Crippen LogP contribution in [0, 0.1) is 0 Å². The van der Waals surface area contributed by atoms with E-state index in [1.165, 1.54) is 28.2 Å². The third-order valence-corrected chi connectivity index (χ3v) is 8.57. The number of amides is 2. The van der Waals surface area contributed by atoms with Crippen molar-refractivity contribution < 1.29 is 47.2 Å². The second kappa shape index (κ2) is 10.4. The molecule has 0 spiro atoms. The van der Waals surface area contributed by atoms with Gasteiger partial charge in [0.05, 0.1) is 24.5 Å². The Kier molecular flexibility index (Phi) is 7.82. The number of carbonyl (C=O) groups is 1. The molecular weight excluding hydrogens is 482 g/mol. The van der Waals surface area contributed by atoms with Gasteiger partial charge in [0, 0.05) is 19.8 Å². The van der Waals surface area contributed by atoms with Gasteiger partial charge in [0.15, 0.2) is 6.03 Å². The van der Waals surface area contributed by atoms with Gasteiger partial charge < -0.3 is 10.0 Å². The van der Waals surface area contributed by atoms with Crippen LogP contribution in [0.25, 0.3) is 4.72 Å². The molecule has 2 unspecified atom stereocenters. The van der Waals surface area contributed by atoms with Crippen LogP contribution >= 0.6 is 0 Å². The molecule has 1 aromatic heterocycles. The maximum Gasteiger partial charge on any atom is 1.00 e. The number of anilines is 2. The first-order valence-corrected chi connectivity index (χ1v) is 13.2. The molecule has 2 heterocycles. The summed E-state index contributed by atoms with van der Waals surface area (Å²) in [5.74, 6) is 0. The number of likely N-dealkylation sites (N-methyl/N-ethyl adjacent to an activating group) is 1. The van der Waals surface area contributed by atoms with Crippen LogP contribution in [0.2, 0.25) is 0 Å². The van der Waals surface area contributed by atoms with Gasteiger partial charge in [0.1, 0.15) is 6.17 Å². The molecule has 2 atom stereocenters. The van der Waals surface area contributed by atoms with Gasteiger partial charge in [0.2, 0.25) is 0 Å². The zero-order chi connectivity index (χ0) is 24.0. The molecule has 2 aliphatic carbocycles. The molecule has 12 heteroatoms. The third kappa shape index (κ3) is 5.24. The second-order valence-electron chi connectivity index (χ2n) is 9.49. The number of rotatable bonds is 6. The zero-order valence-corrected chi connectivity index (χ0v) is 23.3. The van der Waals surface area contributed by atoms with Crippen LogP contribution < -0.4 is 39.2 Å². The molecule has 1 saturated heterocycles. The number of hydrogen-bond donors (Lipinski definition) is 1. The summed E-state index contributed by atoms with van der Waals surface area (Å²) in [5, 5.41) is 6.85. The average Bonchev–Trinajstić information content (AvgIpc) is 3.55. The van der Waals surface area contributed by atoms with Crippen molar-refractivity contribution in [2.45, 2.75) is 57.2 Å². The fraction of sp³-hybridized carbons (Fsp3) is 0.565. The van der Waals surface area contributed by atoms with E-state index >= 15 is 0 Å². The molecular formula is C23H30FN6NaO3S. The van der Waals surface area contributed by atoms with Gasteiger partial charge in [-0.3, -0.25) is 18.7 Å². The molecule has 1 aliphatic heterocycles. The Bertz CT molecular complexity index is 1180. The van der Waals surface area contributed by atoms with Crippen LogP contribution in [0.1, 0.15) is 41.5 Å². The quantitative estimate of drug-likeness (QED) is 0.554. The Morgan fingerprint density at radius 3 is 2.40 bits per heavy atom. The first-order valence-electron chi connectivity index (χ1n) is 11.8. The minimum Gasteiger partial charge on any atom is -0.423 e. The molecule has 0 radical (unpaired) electrons. The van der Waals surface area contributed by atoms with Gasteiger partial charge >= 0.3 is 29.6 Å². The summed E-state index contributed by atoms with van der Waals surface area (Å²) >= 11 is 0. The number of hydrogen-bond acceptors (Lipinski definition) is 5. The van der Waals surface area contributed by atoms with Crippen molar-refractivity contribution in [2.24, 2.45) is 7.05 Å². The van der Waals surface area contributed by atoms with E-state index in [1.807, 2.05) is 0 Å². The van der Waals surface area contributed by atoms with E-state index in [0.717, 1.165) is 59.6 Å². The minimum absolute atomic E-state index is 0.